The Labute approximate surface area is 109 Å². The molecule has 0 amide bonds. The summed E-state index contributed by atoms with van der Waals surface area (Å²) in [6, 6.07) is 0. The van der Waals surface area contributed by atoms with Crippen molar-refractivity contribution in [3.05, 3.63) is 11.9 Å². The number of nitrogens with two attached hydrogens (primary N) is 1. The Morgan fingerprint density at radius 1 is 1.44 bits per heavy atom. The van der Waals surface area contributed by atoms with Crippen LogP contribution in [0.5, 0.6) is 5.88 Å². The summed E-state index contributed by atoms with van der Waals surface area (Å²) in [7, 11) is 1.61. The Morgan fingerprint density at radius 2 is 2.11 bits per heavy atom. The number of ether oxygens (including phenoxy) is 1. The van der Waals surface area contributed by atoms with Crippen LogP contribution in [0.3, 0.4) is 0 Å². The first-order chi connectivity index (χ1) is 8.41. The predicted octanol–water partition coefficient (Wildman–Crippen LogP) is 1.97. The van der Waals surface area contributed by atoms with Crippen LogP contribution in [0.25, 0.3) is 0 Å². The molecule has 5 nitrogen and oxygen atoms in total. The lowest BCUT2D eigenvalue weighted by Crippen LogP contribution is -2.44. The van der Waals surface area contributed by atoms with E-state index in [0.29, 0.717) is 18.3 Å². The minimum Gasteiger partial charge on any atom is -0.481 e. The van der Waals surface area contributed by atoms with Gasteiger partial charge in [0.05, 0.1) is 12.7 Å². The van der Waals surface area contributed by atoms with E-state index in [4.69, 9.17) is 10.5 Å². The molecule has 0 aromatic carbocycles. The maximum Gasteiger partial charge on any atom is 0.221 e. The second-order valence-electron chi connectivity index (χ2n) is 5.34. The molecule has 0 fully saturated rings. The van der Waals surface area contributed by atoms with Gasteiger partial charge in [-0.1, -0.05) is 13.8 Å². The van der Waals surface area contributed by atoms with Gasteiger partial charge in [0.25, 0.3) is 0 Å². The smallest absolute Gasteiger partial charge is 0.221 e. The number of hydrogen-bond acceptors (Lipinski definition) is 5. The first-order valence-electron chi connectivity index (χ1n) is 6.25. The van der Waals surface area contributed by atoms with E-state index >= 15 is 0 Å². The van der Waals surface area contributed by atoms with Crippen molar-refractivity contribution in [3.8, 4) is 5.88 Å². The lowest BCUT2D eigenvalue weighted by molar-refractivity contribution is 0.390. The van der Waals surface area contributed by atoms with Crippen molar-refractivity contribution < 1.29 is 4.74 Å². The van der Waals surface area contributed by atoms with Gasteiger partial charge in [-0.15, -0.1) is 0 Å². The average molecular weight is 252 g/mol. The minimum absolute atomic E-state index is 0.168. The SMILES string of the molecule is COc1ncnc(NC(C)(CN)CC(C)C)c1C. The summed E-state index contributed by atoms with van der Waals surface area (Å²) < 4.78 is 5.19. The van der Waals surface area contributed by atoms with Crippen molar-refractivity contribution in [1.29, 1.82) is 0 Å². The van der Waals surface area contributed by atoms with E-state index in [9.17, 15) is 0 Å². The summed E-state index contributed by atoms with van der Waals surface area (Å²) in [5.74, 6) is 1.95. The van der Waals surface area contributed by atoms with Crippen LogP contribution < -0.4 is 15.8 Å². The number of anilines is 1. The normalized spacial score (nSPS) is 14.4. The van der Waals surface area contributed by atoms with Crippen LogP contribution in [0.15, 0.2) is 6.33 Å². The van der Waals surface area contributed by atoms with Crippen LogP contribution in [0.2, 0.25) is 0 Å². The highest BCUT2D eigenvalue weighted by Gasteiger charge is 2.25. The van der Waals surface area contributed by atoms with Gasteiger partial charge in [-0.25, -0.2) is 9.97 Å². The monoisotopic (exact) mass is 252 g/mol. The van der Waals surface area contributed by atoms with Crippen molar-refractivity contribution in [1.82, 2.24) is 9.97 Å². The van der Waals surface area contributed by atoms with Gasteiger partial charge in [0.15, 0.2) is 0 Å². The standard InChI is InChI=1S/C13H24N4O/c1-9(2)6-13(4,7-14)17-11-10(3)12(18-5)16-8-15-11/h8-9H,6-7,14H2,1-5H3,(H,15,16,17). The number of aromatic nitrogens is 2. The van der Waals surface area contributed by atoms with Gasteiger partial charge in [-0.3, -0.25) is 0 Å². The van der Waals surface area contributed by atoms with Crippen LogP contribution in [-0.2, 0) is 0 Å². The van der Waals surface area contributed by atoms with Crippen molar-refractivity contribution >= 4 is 5.82 Å². The molecular formula is C13H24N4O. The van der Waals surface area contributed by atoms with Gasteiger partial charge in [0.2, 0.25) is 5.88 Å². The molecule has 1 unspecified atom stereocenters. The Balaban J connectivity index is 2.94. The third-order valence-electron chi connectivity index (χ3n) is 2.96. The summed E-state index contributed by atoms with van der Waals surface area (Å²) >= 11 is 0. The fraction of sp³-hybridized carbons (Fsp3) is 0.692. The van der Waals surface area contributed by atoms with Crippen LogP contribution in [-0.4, -0.2) is 29.2 Å². The zero-order valence-electron chi connectivity index (χ0n) is 11.9. The molecule has 0 aliphatic rings. The quantitative estimate of drug-likeness (QED) is 0.809. The van der Waals surface area contributed by atoms with Gasteiger partial charge in [0, 0.05) is 12.1 Å². The van der Waals surface area contributed by atoms with Gasteiger partial charge in [-0.05, 0) is 26.2 Å². The van der Waals surface area contributed by atoms with E-state index < -0.39 is 0 Å². The molecule has 3 N–H and O–H groups in total. The minimum atomic E-state index is -0.168. The molecule has 1 aromatic rings. The van der Waals surface area contributed by atoms with Crippen LogP contribution in [0.4, 0.5) is 5.82 Å². The molecule has 0 saturated heterocycles. The molecule has 1 aromatic heterocycles. The average Bonchev–Trinajstić information content (AvgIpc) is 2.31. The van der Waals surface area contributed by atoms with E-state index in [1.165, 1.54) is 6.33 Å². The molecule has 0 radical (unpaired) electrons. The molecule has 0 bridgehead atoms. The molecule has 1 rings (SSSR count). The molecule has 102 valence electrons. The first kappa shape index (κ1) is 14.7. The lowest BCUT2D eigenvalue weighted by Gasteiger charge is -2.32. The van der Waals surface area contributed by atoms with Gasteiger partial charge < -0.3 is 15.8 Å². The first-order valence-corrected chi connectivity index (χ1v) is 6.25. The highest BCUT2D eigenvalue weighted by Crippen LogP contribution is 2.25. The number of hydrogen-bond donors (Lipinski definition) is 2. The molecule has 0 spiro atoms. The maximum absolute atomic E-state index is 5.89. The number of methoxy groups -OCH3 is 1. The largest absolute Gasteiger partial charge is 0.481 e. The topological polar surface area (TPSA) is 73.1 Å². The molecule has 0 aliphatic carbocycles. The van der Waals surface area contributed by atoms with Gasteiger partial charge in [-0.2, -0.15) is 0 Å². The van der Waals surface area contributed by atoms with Crippen LogP contribution in [0.1, 0.15) is 32.8 Å². The molecule has 1 heterocycles. The number of rotatable bonds is 6. The Kier molecular flexibility index (Phi) is 4.90. The van der Waals surface area contributed by atoms with E-state index in [-0.39, 0.29) is 5.54 Å². The van der Waals surface area contributed by atoms with E-state index in [2.05, 4.69) is 36.1 Å². The van der Waals surface area contributed by atoms with Gasteiger partial charge in [0.1, 0.15) is 12.1 Å². The van der Waals surface area contributed by atoms with Crippen molar-refractivity contribution in [3.63, 3.8) is 0 Å². The molecular weight excluding hydrogens is 228 g/mol. The molecule has 0 saturated carbocycles. The second-order valence-corrected chi connectivity index (χ2v) is 5.34. The summed E-state index contributed by atoms with van der Waals surface area (Å²) in [4.78, 5) is 8.34. The Bertz CT molecular complexity index is 395. The second kappa shape index (κ2) is 6.00. The summed E-state index contributed by atoms with van der Waals surface area (Å²) in [6.45, 7) is 8.97. The van der Waals surface area contributed by atoms with Crippen molar-refractivity contribution in [2.45, 2.75) is 39.7 Å². The van der Waals surface area contributed by atoms with E-state index in [1.807, 2.05) is 6.92 Å². The fourth-order valence-corrected chi connectivity index (χ4v) is 2.14. The lowest BCUT2D eigenvalue weighted by atomic mass is 9.90. The molecule has 1 atom stereocenters. The van der Waals surface area contributed by atoms with E-state index in [0.717, 1.165) is 17.8 Å². The van der Waals surface area contributed by atoms with E-state index in [1.54, 1.807) is 7.11 Å². The highest BCUT2D eigenvalue weighted by atomic mass is 16.5. The predicted molar refractivity (Wildman–Crippen MR) is 73.9 cm³/mol. The van der Waals surface area contributed by atoms with Crippen molar-refractivity contribution in [2.24, 2.45) is 11.7 Å². The summed E-state index contributed by atoms with van der Waals surface area (Å²) in [6.07, 6.45) is 2.48. The molecule has 0 aliphatic heterocycles. The number of nitrogens with zero attached hydrogens (tertiary/aromatic N) is 2. The third-order valence-corrected chi connectivity index (χ3v) is 2.96. The zero-order chi connectivity index (χ0) is 13.8. The Morgan fingerprint density at radius 3 is 2.61 bits per heavy atom. The zero-order valence-corrected chi connectivity index (χ0v) is 11.9. The summed E-state index contributed by atoms with van der Waals surface area (Å²) in [5, 5.41) is 3.42. The number of nitrogens with one attached hydrogen (secondary N) is 1. The van der Waals surface area contributed by atoms with Crippen LogP contribution >= 0.6 is 0 Å². The third kappa shape index (κ3) is 3.57. The van der Waals surface area contributed by atoms with Crippen molar-refractivity contribution in [2.75, 3.05) is 19.0 Å². The molecule has 18 heavy (non-hydrogen) atoms. The van der Waals surface area contributed by atoms with Crippen LogP contribution in [0, 0.1) is 12.8 Å². The van der Waals surface area contributed by atoms with Gasteiger partial charge >= 0.3 is 0 Å². The summed E-state index contributed by atoms with van der Waals surface area (Å²) in [5.41, 5.74) is 6.62. The maximum atomic E-state index is 5.89. The highest BCUT2D eigenvalue weighted by molar-refractivity contribution is 5.49. The fourth-order valence-electron chi connectivity index (χ4n) is 2.14. The Hall–Kier alpha value is -1.36. The molecule has 5 heteroatoms.